The second-order valence-electron chi connectivity index (χ2n) is 4.39. The summed E-state index contributed by atoms with van der Waals surface area (Å²) in [5.74, 6) is -0.0633. The number of hydrogen-bond acceptors (Lipinski definition) is 3. The highest BCUT2D eigenvalue weighted by atomic mass is 16.3. The molecule has 1 aliphatic carbocycles. The third-order valence-corrected chi connectivity index (χ3v) is 3.17. The van der Waals surface area contributed by atoms with E-state index in [1.807, 2.05) is 0 Å². The largest absolute Gasteiger partial charge is 0.396 e. The molecule has 0 aromatic carbocycles. The van der Waals surface area contributed by atoms with Crippen LogP contribution in [0.3, 0.4) is 0 Å². The van der Waals surface area contributed by atoms with Crippen LogP contribution < -0.4 is 5.32 Å². The van der Waals surface area contributed by atoms with E-state index < -0.39 is 0 Å². The first-order valence-electron chi connectivity index (χ1n) is 5.55. The number of nitrogens with zero attached hydrogens (tertiary/aromatic N) is 1. The molecule has 1 amide bonds. The van der Waals surface area contributed by atoms with Gasteiger partial charge < -0.3 is 10.4 Å². The predicted molar refractivity (Wildman–Crippen MR) is 59.9 cm³/mol. The van der Waals surface area contributed by atoms with Gasteiger partial charge in [0.25, 0.3) is 5.91 Å². The molecule has 0 radical (unpaired) electrons. The molecular weight excluding hydrogens is 204 g/mol. The van der Waals surface area contributed by atoms with Gasteiger partial charge in [0.05, 0.1) is 0 Å². The number of pyridine rings is 1. The Hall–Kier alpha value is -1.42. The maximum Gasteiger partial charge on any atom is 0.251 e. The van der Waals surface area contributed by atoms with Gasteiger partial charge in [-0.25, -0.2) is 0 Å². The molecule has 0 atom stereocenters. The van der Waals surface area contributed by atoms with Crippen molar-refractivity contribution in [1.82, 2.24) is 10.3 Å². The van der Waals surface area contributed by atoms with E-state index in [-0.39, 0.29) is 17.9 Å². The fraction of sp³-hybridized carbons (Fsp3) is 0.500. The number of aromatic nitrogens is 1. The van der Waals surface area contributed by atoms with Gasteiger partial charge in [0, 0.05) is 31.1 Å². The van der Waals surface area contributed by atoms with Gasteiger partial charge in [-0.15, -0.1) is 0 Å². The minimum absolute atomic E-state index is 0.0633. The normalized spacial score (nSPS) is 16.8. The van der Waals surface area contributed by atoms with Crippen LogP contribution in [0.1, 0.15) is 29.6 Å². The number of nitrogens with one attached hydrogen (secondary N) is 1. The van der Waals surface area contributed by atoms with E-state index >= 15 is 0 Å². The summed E-state index contributed by atoms with van der Waals surface area (Å²) in [6.07, 6.45) is 6.20. The molecule has 0 unspecified atom stereocenters. The summed E-state index contributed by atoms with van der Waals surface area (Å²) < 4.78 is 0. The monoisotopic (exact) mass is 220 g/mol. The van der Waals surface area contributed by atoms with Gasteiger partial charge in [0.2, 0.25) is 0 Å². The Balaban J connectivity index is 1.85. The van der Waals surface area contributed by atoms with Gasteiger partial charge in [-0.05, 0) is 36.8 Å². The predicted octanol–water partition coefficient (Wildman–Crippen LogP) is 0.974. The topological polar surface area (TPSA) is 62.2 Å². The van der Waals surface area contributed by atoms with Gasteiger partial charge in [-0.1, -0.05) is 0 Å². The van der Waals surface area contributed by atoms with Crippen molar-refractivity contribution in [2.45, 2.75) is 19.3 Å². The van der Waals surface area contributed by atoms with Crippen LogP contribution >= 0.6 is 0 Å². The first kappa shape index (κ1) is 11.1. The van der Waals surface area contributed by atoms with Crippen LogP contribution in [0.25, 0.3) is 0 Å². The zero-order valence-electron chi connectivity index (χ0n) is 9.15. The SMILES string of the molecule is O=C(NCC1(CCO)CC1)c1ccncc1. The van der Waals surface area contributed by atoms with Crippen LogP contribution in [-0.2, 0) is 0 Å². The maximum absolute atomic E-state index is 11.7. The van der Waals surface area contributed by atoms with E-state index in [9.17, 15) is 4.79 Å². The average molecular weight is 220 g/mol. The Morgan fingerprint density at radius 2 is 2.12 bits per heavy atom. The number of aliphatic hydroxyl groups excluding tert-OH is 1. The number of aliphatic hydroxyl groups is 1. The summed E-state index contributed by atoms with van der Waals surface area (Å²) in [6.45, 7) is 0.861. The molecule has 1 aromatic rings. The van der Waals surface area contributed by atoms with Gasteiger partial charge >= 0.3 is 0 Å². The smallest absolute Gasteiger partial charge is 0.251 e. The molecule has 1 heterocycles. The number of amides is 1. The molecule has 86 valence electrons. The Morgan fingerprint density at radius 1 is 1.44 bits per heavy atom. The van der Waals surface area contributed by atoms with E-state index in [4.69, 9.17) is 5.11 Å². The molecule has 0 spiro atoms. The van der Waals surface area contributed by atoms with Crippen LogP contribution in [0.5, 0.6) is 0 Å². The Bertz CT molecular complexity index is 361. The summed E-state index contributed by atoms with van der Waals surface area (Å²) in [6, 6.07) is 3.39. The molecule has 2 N–H and O–H groups in total. The lowest BCUT2D eigenvalue weighted by Gasteiger charge is -2.14. The standard InChI is InChI=1S/C12H16N2O2/c15-8-5-12(3-4-12)9-14-11(16)10-1-6-13-7-2-10/h1-2,6-7,15H,3-5,8-9H2,(H,14,16). The Kier molecular flexibility index (Phi) is 3.19. The van der Waals surface area contributed by atoms with Crippen molar-refractivity contribution in [1.29, 1.82) is 0 Å². The van der Waals surface area contributed by atoms with Crippen molar-refractivity contribution in [2.75, 3.05) is 13.2 Å². The van der Waals surface area contributed by atoms with Crippen LogP contribution in [0, 0.1) is 5.41 Å². The third kappa shape index (κ3) is 2.58. The van der Waals surface area contributed by atoms with Gasteiger partial charge in [-0.3, -0.25) is 9.78 Å². The first-order chi connectivity index (χ1) is 7.76. The molecule has 1 aliphatic rings. The van der Waals surface area contributed by atoms with Crippen molar-refractivity contribution in [3.63, 3.8) is 0 Å². The molecule has 1 saturated carbocycles. The molecular formula is C12H16N2O2. The molecule has 4 nitrogen and oxygen atoms in total. The molecule has 0 aliphatic heterocycles. The van der Waals surface area contributed by atoms with Gasteiger partial charge in [0.1, 0.15) is 0 Å². The quantitative estimate of drug-likeness (QED) is 0.777. The van der Waals surface area contributed by atoms with Crippen molar-refractivity contribution in [3.8, 4) is 0 Å². The van der Waals surface area contributed by atoms with Crippen LogP contribution in [0.2, 0.25) is 0 Å². The lowest BCUT2D eigenvalue weighted by atomic mass is 10.0. The van der Waals surface area contributed by atoms with Crippen molar-refractivity contribution < 1.29 is 9.90 Å². The maximum atomic E-state index is 11.7. The van der Waals surface area contributed by atoms with Crippen LogP contribution in [0.4, 0.5) is 0 Å². The molecule has 2 rings (SSSR count). The third-order valence-electron chi connectivity index (χ3n) is 3.17. The lowest BCUT2D eigenvalue weighted by molar-refractivity contribution is 0.0940. The van der Waals surface area contributed by atoms with Gasteiger partial charge in [0.15, 0.2) is 0 Å². The molecule has 0 bridgehead atoms. The zero-order valence-corrected chi connectivity index (χ0v) is 9.15. The Labute approximate surface area is 94.7 Å². The fourth-order valence-corrected chi connectivity index (χ4v) is 1.80. The van der Waals surface area contributed by atoms with E-state index in [1.165, 1.54) is 0 Å². The molecule has 1 fully saturated rings. The van der Waals surface area contributed by atoms with Crippen LogP contribution in [-0.4, -0.2) is 29.1 Å². The summed E-state index contributed by atoms with van der Waals surface area (Å²) in [5, 5.41) is 11.8. The summed E-state index contributed by atoms with van der Waals surface area (Å²) in [5.41, 5.74) is 0.798. The first-order valence-corrected chi connectivity index (χ1v) is 5.55. The van der Waals surface area contributed by atoms with Crippen molar-refractivity contribution in [3.05, 3.63) is 30.1 Å². The minimum Gasteiger partial charge on any atom is -0.396 e. The second-order valence-corrected chi connectivity index (χ2v) is 4.39. The fourth-order valence-electron chi connectivity index (χ4n) is 1.80. The van der Waals surface area contributed by atoms with E-state index in [1.54, 1.807) is 24.5 Å². The minimum atomic E-state index is -0.0633. The number of carbonyl (C=O) groups is 1. The average Bonchev–Trinajstić information content (AvgIpc) is 3.08. The number of hydrogen-bond donors (Lipinski definition) is 2. The number of carbonyl (C=O) groups excluding carboxylic acids is 1. The van der Waals surface area contributed by atoms with E-state index in [0.717, 1.165) is 19.3 Å². The van der Waals surface area contributed by atoms with E-state index in [0.29, 0.717) is 12.1 Å². The highest BCUT2D eigenvalue weighted by molar-refractivity contribution is 5.93. The summed E-state index contributed by atoms with van der Waals surface area (Å²) in [7, 11) is 0. The van der Waals surface area contributed by atoms with Gasteiger partial charge in [-0.2, -0.15) is 0 Å². The molecule has 4 heteroatoms. The van der Waals surface area contributed by atoms with Crippen LogP contribution in [0.15, 0.2) is 24.5 Å². The summed E-state index contributed by atoms with van der Waals surface area (Å²) in [4.78, 5) is 15.6. The highest BCUT2D eigenvalue weighted by Gasteiger charge is 2.41. The molecule has 16 heavy (non-hydrogen) atoms. The van der Waals surface area contributed by atoms with Crippen molar-refractivity contribution in [2.24, 2.45) is 5.41 Å². The van der Waals surface area contributed by atoms with Crippen molar-refractivity contribution >= 4 is 5.91 Å². The number of rotatable bonds is 5. The zero-order chi connectivity index (χ0) is 11.4. The van der Waals surface area contributed by atoms with E-state index in [2.05, 4.69) is 10.3 Å². The highest BCUT2D eigenvalue weighted by Crippen LogP contribution is 2.47. The lowest BCUT2D eigenvalue weighted by Crippen LogP contribution is -2.30. The molecule has 0 saturated heterocycles. The second kappa shape index (κ2) is 4.61. The summed E-state index contributed by atoms with van der Waals surface area (Å²) >= 11 is 0. The Morgan fingerprint density at radius 3 is 2.69 bits per heavy atom. The molecule has 1 aromatic heterocycles.